The molecular formula is C8H9BO2. The molecule has 56 valence electrons. The van der Waals surface area contributed by atoms with E-state index in [0.717, 1.165) is 23.9 Å². The van der Waals surface area contributed by atoms with Crippen molar-refractivity contribution in [3.63, 3.8) is 0 Å². The Morgan fingerprint density at radius 2 is 2.18 bits per heavy atom. The highest BCUT2D eigenvalue weighted by Gasteiger charge is 2.26. The number of allylic oxidation sites excluding steroid dienone is 5. The normalized spacial score (nSPS) is 21.7. The maximum atomic E-state index is 9.32. The Morgan fingerprint density at radius 3 is 3.00 bits per heavy atom. The number of fused-ring (bicyclic) bond motifs is 1. The van der Waals surface area contributed by atoms with E-state index in [2.05, 4.69) is 6.08 Å². The first kappa shape index (κ1) is 6.74. The first-order valence-corrected chi connectivity index (χ1v) is 3.78. The van der Waals surface area contributed by atoms with Gasteiger partial charge in [0.15, 0.2) is 0 Å². The van der Waals surface area contributed by atoms with Crippen molar-refractivity contribution in [2.24, 2.45) is 0 Å². The van der Waals surface area contributed by atoms with Crippen molar-refractivity contribution in [2.75, 3.05) is 0 Å². The lowest BCUT2D eigenvalue weighted by Gasteiger charge is -2.18. The van der Waals surface area contributed by atoms with Gasteiger partial charge < -0.3 is 9.68 Å². The predicted octanol–water partition coefficient (Wildman–Crippen LogP) is 1.20. The molecule has 2 aliphatic rings. The molecule has 2 nitrogen and oxygen atoms in total. The van der Waals surface area contributed by atoms with E-state index in [-0.39, 0.29) is 0 Å². The van der Waals surface area contributed by atoms with Crippen LogP contribution >= 0.6 is 0 Å². The van der Waals surface area contributed by atoms with E-state index in [1.54, 1.807) is 6.26 Å². The van der Waals surface area contributed by atoms with Crippen LogP contribution in [0.5, 0.6) is 0 Å². The molecule has 3 heteroatoms. The van der Waals surface area contributed by atoms with Crippen LogP contribution in [0.1, 0.15) is 12.8 Å². The lowest BCUT2D eigenvalue weighted by molar-refractivity contribution is 0.376. The third-order valence-electron chi connectivity index (χ3n) is 1.95. The van der Waals surface area contributed by atoms with Gasteiger partial charge in [0.25, 0.3) is 0 Å². The number of rotatable bonds is 0. The van der Waals surface area contributed by atoms with Gasteiger partial charge in [-0.1, -0.05) is 12.2 Å². The van der Waals surface area contributed by atoms with Gasteiger partial charge in [0.05, 0.1) is 6.26 Å². The molecule has 0 radical (unpaired) electrons. The van der Waals surface area contributed by atoms with Crippen LogP contribution in [0.25, 0.3) is 0 Å². The fraction of sp³-hybridized carbons (Fsp3) is 0.250. The summed E-state index contributed by atoms with van der Waals surface area (Å²) < 4.78 is 4.91. The second-order valence-electron chi connectivity index (χ2n) is 2.69. The van der Waals surface area contributed by atoms with Gasteiger partial charge in [-0.3, -0.25) is 0 Å². The molecule has 1 N–H and O–H groups in total. The average Bonchev–Trinajstić information content (AvgIpc) is 2.06. The first-order valence-electron chi connectivity index (χ1n) is 3.78. The first-order chi connectivity index (χ1) is 5.38. The Balaban J connectivity index is 2.36. The van der Waals surface area contributed by atoms with Gasteiger partial charge in [0.2, 0.25) is 0 Å². The van der Waals surface area contributed by atoms with Gasteiger partial charge in [0, 0.05) is 0 Å². The van der Waals surface area contributed by atoms with E-state index in [1.165, 1.54) is 0 Å². The summed E-state index contributed by atoms with van der Waals surface area (Å²) in [7, 11) is -0.744. The maximum absolute atomic E-state index is 9.32. The molecule has 0 atom stereocenters. The van der Waals surface area contributed by atoms with Crippen LogP contribution in [0.2, 0.25) is 0 Å². The molecule has 0 bridgehead atoms. The molecule has 0 aromatic carbocycles. The molecule has 2 rings (SSSR count). The lowest BCUT2D eigenvalue weighted by atomic mass is 9.70. The Hall–Kier alpha value is -0.955. The van der Waals surface area contributed by atoms with Crippen molar-refractivity contribution in [3.8, 4) is 0 Å². The molecule has 0 aromatic heterocycles. The summed E-state index contributed by atoms with van der Waals surface area (Å²) in [5.41, 5.74) is 2.02. The molecule has 1 aliphatic heterocycles. The Bertz CT molecular complexity index is 253. The van der Waals surface area contributed by atoms with E-state index in [9.17, 15) is 5.02 Å². The SMILES string of the molecule is OB1OC=CC2=CCCC=C12. The van der Waals surface area contributed by atoms with Gasteiger partial charge >= 0.3 is 7.12 Å². The minimum Gasteiger partial charge on any atom is -0.538 e. The zero-order valence-corrected chi connectivity index (χ0v) is 6.16. The van der Waals surface area contributed by atoms with Crippen molar-refractivity contribution in [1.82, 2.24) is 0 Å². The van der Waals surface area contributed by atoms with E-state index in [4.69, 9.17) is 4.65 Å². The van der Waals surface area contributed by atoms with Gasteiger partial charge in [-0.2, -0.15) is 0 Å². The highest BCUT2D eigenvalue weighted by molar-refractivity contribution is 6.54. The monoisotopic (exact) mass is 148 g/mol. The predicted molar refractivity (Wildman–Crippen MR) is 43.6 cm³/mol. The fourth-order valence-electron chi connectivity index (χ4n) is 1.38. The fourth-order valence-corrected chi connectivity index (χ4v) is 1.38. The van der Waals surface area contributed by atoms with Crippen LogP contribution in [0, 0.1) is 0 Å². The quantitative estimate of drug-likeness (QED) is 0.523. The molecule has 0 fully saturated rings. The summed E-state index contributed by atoms with van der Waals surface area (Å²) in [6, 6.07) is 0. The summed E-state index contributed by atoms with van der Waals surface area (Å²) in [4.78, 5) is 0. The van der Waals surface area contributed by atoms with E-state index < -0.39 is 7.12 Å². The Morgan fingerprint density at radius 1 is 1.36 bits per heavy atom. The van der Waals surface area contributed by atoms with Crippen molar-refractivity contribution in [1.29, 1.82) is 0 Å². The summed E-state index contributed by atoms with van der Waals surface area (Å²) in [5, 5.41) is 9.32. The molecule has 11 heavy (non-hydrogen) atoms. The minimum absolute atomic E-state index is 0.744. The molecule has 1 heterocycles. The van der Waals surface area contributed by atoms with E-state index in [0.29, 0.717) is 0 Å². The highest BCUT2D eigenvalue weighted by atomic mass is 16.5. The van der Waals surface area contributed by atoms with Gasteiger partial charge in [-0.05, 0) is 30.0 Å². The van der Waals surface area contributed by atoms with Crippen molar-refractivity contribution in [2.45, 2.75) is 12.8 Å². The standard InChI is InChI=1S/C8H9BO2/c10-9-8-4-2-1-3-7(8)5-6-11-9/h3-6,10H,1-2H2. The molecule has 0 spiro atoms. The zero-order valence-electron chi connectivity index (χ0n) is 6.16. The largest absolute Gasteiger partial charge is 0.559 e. The van der Waals surface area contributed by atoms with Crippen LogP contribution in [0.15, 0.2) is 35.5 Å². The summed E-state index contributed by atoms with van der Waals surface area (Å²) in [5.74, 6) is 0. The summed E-state index contributed by atoms with van der Waals surface area (Å²) in [6.45, 7) is 0. The van der Waals surface area contributed by atoms with Crippen LogP contribution in [0.4, 0.5) is 0 Å². The van der Waals surface area contributed by atoms with Crippen molar-refractivity contribution < 1.29 is 9.68 Å². The Labute approximate surface area is 66.0 Å². The molecule has 1 aliphatic carbocycles. The molecule has 0 amide bonds. The average molecular weight is 148 g/mol. The Kier molecular flexibility index (Phi) is 1.58. The van der Waals surface area contributed by atoms with E-state index >= 15 is 0 Å². The van der Waals surface area contributed by atoms with Crippen LogP contribution in [0.3, 0.4) is 0 Å². The molecular weight excluding hydrogens is 139 g/mol. The third-order valence-corrected chi connectivity index (χ3v) is 1.95. The summed E-state index contributed by atoms with van der Waals surface area (Å²) >= 11 is 0. The second kappa shape index (κ2) is 2.59. The third kappa shape index (κ3) is 1.12. The number of hydrogen-bond donors (Lipinski definition) is 1. The highest BCUT2D eigenvalue weighted by Crippen LogP contribution is 2.24. The molecule has 0 saturated heterocycles. The smallest absolute Gasteiger partial charge is 0.538 e. The molecule has 0 saturated carbocycles. The van der Waals surface area contributed by atoms with E-state index in [1.807, 2.05) is 12.2 Å². The molecule has 0 aromatic rings. The second-order valence-corrected chi connectivity index (χ2v) is 2.69. The zero-order chi connectivity index (χ0) is 7.68. The van der Waals surface area contributed by atoms with Gasteiger partial charge in [-0.25, -0.2) is 0 Å². The van der Waals surface area contributed by atoms with Crippen molar-refractivity contribution >= 4 is 7.12 Å². The summed E-state index contributed by atoms with van der Waals surface area (Å²) in [6.07, 6.45) is 9.65. The lowest BCUT2D eigenvalue weighted by Crippen LogP contribution is -2.23. The van der Waals surface area contributed by atoms with Gasteiger partial charge in [-0.15, -0.1) is 0 Å². The van der Waals surface area contributed by atoms with Crippen LogP contribution < -0.4 is 0 Å². The topological polar surface area (TPSA) is 29.5 Å². The minimum atomic E-state index is -0.744. The van der Waals surface area contributed by atoms with Crippen LogP contribution in [-0.4, -0.2) is 12.1 Å². The number of hydrogen-bond acceptors (Lipinski definition) is 2. The maximum Gasteiger partial charge on any atom is 0.559 e. The molecule has 0 unspecified atom stereocenters. The van der Waals surface area contributed by atoms with Gasteiger partial charge in [0.1, 0.15) is 0 Å². The van der Waals surface area contributed by atoms with Crippen LogP contribution in [-0.2, 0) is 4.65 Å². The van der Waals surface area contributed by atoms with Crippen molar-refractivity contribution in [3.05, 3.63) is 35.5 Å².